The third-order valence-electron chi connectivity index (χ3n) is 3.18. The minimum absolute atomic E-state index is 0.0775. The lowest BCUT2D eigenvalue weighted by atomic mass is 9.85. The first kappa shape index (κ1) is 16.1. The fourth-order valence-electron chi connectivity index (χ4n) is 1.79. The highest BCUT2D eigenvalue weighted by molar-refractivity contribution is 5.18. The van der Waals surface area contributed by atoms with Gasteiger partial charge in [-0.1, -0.05) is 19.9 Å². The molecule has 0 radical (unpaired) electrons. The van der Waals surface area contributed by atoms with Crippen molar-refractivity contribution >= 4 is 0 Å². The molecule has 0 heterocycles. The van der Waals surface area contributed by atoms with Crippen LogP contribution in [-0.4, -0.2) is 12.1 Å². The van der Waals surface area contributed by atoms with Crippen molar-refractivity contribution < 1.29 is 8.78 Å². The van der Waals surface area contributed by atoms with Gasteiger partial charge in [0.2, 0.25) is 0 Å². The number of nitrogens with one attached hydrogen (secondary N) is 1. The molecule has 108 valence electrons. The van der Waals surface area contributed by atoms with E-state index in [1.165, 1.54) is 12.1 Å². The third-order valence-corrected chi connectivity index (χ3v) is 3.18. The van der Waals surface area contributed by atoms with Gasteiger partial charge in [-0.05, 0) is 50.7 Å². The van der Waals surface area contributed by atoms with Crippen molar-refractivity contribution in [3.63, 3.8) is 0 Å². The summed E-state index contributed by atoms with van der Waals surface area (Å²) in [5, 5.41) is 3.47. The average molecular weight is 269 g/mol. The highest BCUT2D eigenvalue weighted by Crippen LogP contribution is 2.24. The van der Waals surface area contributed by atoms with Gasteiger partial charge >= 0.3 is 0 Å². The number of rotatable bonds is 5. The second kappa shape index (κ2) is 6.00. The van der Waals surface area contributed by atoms with Crippen molar-refractivity contribution in [3.8, 4) is 0 Å². The van der Waals surface area contributed by atoms with Gasteiger partial charge in [-0.25, -0.2) is 8.78 Å². The molecule has 0 aliphatic heterocycles. The quantitative estimate of drug-likeness (QED) is 0.839. The highest BCUT2D eigenvalue weighted by atomic mass is 19.1. The zero-order valence-electron chi connectivity index (χ0n) is 12.6. The van der Waals surface area contributed by atoms with Gasteiger partial charge in [-0.3, -0.25) is 0 Å². The molecule has 0 amide bonds. The third kappa shape index (κ3) is 6.15. The molecule has 1 aromatic carbocycles. The molecule has 0 saturated heterocycles. The molecule has 0 unspecified atom stereocenters. The maximum atomic E-state index is 13.5. The summed E-state index contributed by atoms with van der Waals surface area (Å²) in [6, 6.07) is 3.81. The minimum atomic E-state index is -0.519. The summed E-state index contributed by atoms with van der Waals surface area (Å²) < 4.78 is 26.4. The smallest absolute Gasteiger partial charge is 0.129 e. The van der Waals surface area contributed by atoms with Crippen molar-refractivity contribution in [3.05, 3.63) is 35.4 Å². The maximum absolute atomic E-state index is 13.5. The van der Waals surface area contributed by atoms with Crippen LogP contribution in [0.2, 0.25) is 0 Å². The Morgan fingerprint density at radius 1 is 1.05 bits per heavy atom. The summed E-state index contributed by atoms with van der Waals surface area (Å²) in [5.74, 6) is -0.963. The second-order valence-corrected chi connectivity index (χ2v) is 7.00. The van der Waals surface area contributed by atoms with Crippen LogP contribution in [0, 0.1) is 17.0 Å². The van der Waals surface area contributed by atoms with Crippen molar-refractivity contribution in [2.75, 3.05) is 6.54 Å². The summed E-state index contributed by atoms with van der Waals surface area (Å²) in [7, 11) is 0. The Balaban J connectivity index is 2.55. The van der Waals surface area contributed by atoms with Crippen LogP contribution in [0.4, 0.5) is 8.78 Å². The normalized spacial score (nSPS) is 12.8. The molecular formula is C16H25F2N. The van der Waals surface area contributed by atoms with E-state index >= 15 is 0 Å². The number of aryl methyl sites for hydroxylation is 1. The fraction of sp³-hybridized carbons (Fsp3) is 0.625. The Hall–Kier alpha value is -0.960. The standard InChI is InChI=1S/C16H25F2N/c1-15(2,3)19-11-16(4,5)9-8-12-6-7-13(17)10-14(12)18/h6-7,10,19H,8-9,11H2,1-5H3. The molecule has 19 heavy (non-hydrogen) atoms. The van der Waals surface area contributed by atoms with Crippen LogP contribution in [0.3, 0.4) is 0 Å². The van der Waals surface area contributed by atoms with Crippen molar-refractivity contribution in [2.45, 2.75) is 53.0 Å². The summed E-state index contributed by atoms with van der Waals surface area (Å²) >= 11 is 0. The lowest BCUT2D eigenvalue weighted by Gasteiger charge is -2.30. The first-order valence-corrected chi connectivity index (χ1v) is 6.78. The number of hydrogen-bond donors (Lipinski definition) is 1. The Kier molecular flexibility index (Phi) is 5.08. The molecule has 0 aliphatic carbocycles. The minimum Gasteiger partial charge on any atom is -0.312 e. The number of hydrogen-bond acceptors (Lipinski definition) is 1. The van der Waals surface area contributed by atoms with Crippen LogP contribution in [0.5, 0.6) is 0 Å². The molecule has 0 saturated carbocycles. The molecule has 0 spiro atoms. The van der Waals surface area contributed by atoms with Gasteiger partial charge in [0, 0.05) is 18.2 Å². The molecule has 1 aromatic rings. The molecule has 1 nitrogen and oxygen atoms in total. The zero-order chi connectivity index (χ0) is 14.7. The lowest BCUT2D eigenvalue weighted by molar-refractivity contribution is 0.272. The number of benzene rings is 1. The zero-order valence-corrected chi connectivity index (χ0v) is 12.6. The summed E-state index contributed by atoms with van der Waals surface area (Å²) in [5.41, 5.74) is 0.747. The summed E-state index contributed by atoms with van der Waals surface area (Å²) in [4.78, 5) is 0. The molecule has 0 bridgehead atoms. The van der Waals surface area contributed by atoms with E-state index in [9.17, 15) is 8.78 Å². The van der Waals surface area contributed by atoms with Crippen molar-refractivity contribution in [2.24, 2.45) is 5.41 Å². The Bertz CT molecular complexity index is 419. The molecule has 1 N–H and O–H groups in total. The van der Waals surface area contributed by atoms with E-state index in [2.05, 4.69) is 39.9 Å². The molecule has 1 rings (SSSR count). The van der Waals surface area contributed by atoms with E-state index < -0.39 is 11.6 Å². The predicted octanol–water partition coefficient (Wildman–Crippen LogP) is 4.31. The largest absolute Gasteiger partial charge is 0.312 e. The van der Waals surface area contributed by atoms with Crippen LogP contribution in [-0.2, 0) is 6.42 Å². The molecule has 0 aromatic heterocycles. The first-order chi connectivity index (χ1) is 8.59. The van der Waals surface area contributed by atoms with Gasteiger partial charge in [0.05, 0.1) is 0 Å². The van der Waals surface area contributed by atoms with Crippen LogP contribution in [0.15, 0.2) is 18.2 Å². The monoisotopic (exact) mass is 269 g/mol. The van der Waals surface area contributed by atoms with Crippen LogP contribution < -0.4 is 5.32 Å². The van der Waals surface area contributed by atoms with Crippen molar-refractivity contribution in [1.29, 1.82) is 0 Å². The van der Waals surface area contributed by atoms with Gasteiger partial charge in [0.25, 0.3) is 0 Å². The second-order valence-electron chi connectivity index (χ2n) is 7.00. The molecule has 3 heteroatoms. The van der Waals surface area contributed by atoms with E-state index in [0.717, 1.165) is 19.0 Å². The predicted molar refractivity (Wildman–Crippen MR) is 76.2 cm³/mol. The Morgan fingerprint density at radius 3 is 2.21 bits per heavy atom. The van der Waals surface area contributed by atoms with Gasteiger partial charge in [0.15, 0.2) is 0 Å². The van der Waals surface area contributed by atoms with Crippen LogP contribution in [0.25, 0.3) is 0 Å². The van der Waals surface area contributed by atoms with Gasteiger partial charge in [-0.15, -0.1) is 0 Å². The van der Waals surface area contributed by atoms with Gasteiger partial charge in [0.1, 0.15) is 11.6 Å². The van der Waals surface area contributed by atoms with E-state index in [1.807, 2.05) is 0 Å². The summed E-state index contributed by atoms with van der Waals surface area (Å²) in [6.45, 7) is 11.6. The number of halogens is 2. The molecule has 0 aliphatic rings. The molecule has 0 atom stereocenters. The average Bonchev–Trinajstić information content (AvgIpc) is 2.25. The van der Waals surface area contributed by atoms with Gasteiger partial charge < -0.3 is 5.32 Å². The summed E-state index contributed by atoms with van der Waals surface area (Å²) in [6.07, 6.45) is 1.49. The maximum Gasteiger partial charge on any atom is 0.129 e. The SMILES string of the molecule is CC(C)(CCc1ccc(F)cc1F)CNC(C)(C)C. The van der Waals surface area contributed by atoms with Crippen LogP contribution >= 0.6 is 0 Å². The van der Waals surface area contributed by atoms with Crippen molar-refractivity contribution in [1.82, 2.24) is 5.32 Å². The van der Waals surface area contributed by atoms with E-state index in [4.69, 9.17) is 0 Å². The van der Waals surface area contributed by atoms with E-state index in [-0.39, 0.29) is 11.0 Å². The van der Waals surface area contributed by atoms with Crippen LogP contribution in [0.1, 0.15) is 46.6 Å². The molecular weight excluding hydrogens is 244 g/mol. The topological polar surface area (TPSA) is 12.0 Å². The first-order valence-electron chi connectivity index (χ1n) is 6.78. The lowest BCUT2D eigenvalue weighted by Crippen LogP contribution is -2.42. The fourth-order valence-corrected chi connectivity index (χ4v) is 1.79. The van der Waals surface area contributed by atoms with E-state index in [0.29, 0.717) is 12.0 Å². The highest BCUT2D eigenvalue weighted by Gasteiger charge is 2.21. The Labute approximate surface area is 115 Å². The van der Waals surface area contributed by atoms with E-state index in [1.54, 1.807) is 0 Å². The molecule has 0 fully saturated rings. The Morgan fingerprint density at radius 2 is 1.68 bits per heavy atom. The van der Waals surface area contributed by atoms with Gasteiger partial charge in [-0.2, -0.15) is 0 Å².